The number of phenolic OH excluding ortho intramolecular Hbond substituents is 1. The molecule has 3 heteroatoms. The van der Waals surface area contributed by atoms with E-state index in [1.54, 1.807) is 6.07 Å². The van der Waals surface area contributed by atoms with Crippen molar-refractivity contribution < 1.29 is 10.2 Å². The number of nitrogens with one attached hydrogen (secondary N) is 1. The van der Waals surface area contributed by atoms with E-state index in [2.05, 4.69) is 12.2 Å². The Balaban J connectivity index is 2.03. The summed E-state index contributed by atoms with van der Waals surface area (Å²) in [6, 6.07) is 8.02. The quantitative estimate of drug-likeness (QED) is 0.769. The molecule has 1 aliphatic rings. The van der Waals surface area contributed by atoms with Gasteiger partial charge in [-0.25, -0.2) is 0 Å². The summed E-state index contributed by atoms with van der Waals surface area (Å²) >= 11 is 0. The summed E-state index contributed by atoms with van der Waals surface area (Å²) in [4.78, 5) is 0. The van der Waals surface area contributed by atoms with Gasteiger partial charge in [0.1, 0.15) is 5.75 Å². The molecular formula is C15H23NO2. The molecule has 3 N–H and O–H groups in total. The van der Waals surface area contributed by atoms with E-state index in [1.165, 1.54) is 0 Å². The molecule has 100 valence electrons. The standard InChI is InChI=1S/C15H23NO2/c1-2-14(13-8-3-4-9-15(13)18)16-11-6-5-7-12(17)10-11/h3-4,8-9,11-12,14,16-18H,2,5-7,10H2,1H3. The number of phenols is 1. The Hall–Kier alpha value is -1.06. The Morgan fingerprint density at radius 2 is 2.11 bits per heavy atom. The monoisotopic (exact) mass is 249 g/mol. The van der Waals surface area contributed by atoms with Gasteiger partial charge < -0.3 is 15.5 Å². The van der Waals surface area contributed by atoms with Crippen molar-refractivity contribution in [2.45, 2.75) is 57.2 Å². The maximum absolute atomic E-state index is 9.90. The number of aliphatic hydroxyl groups excluding tert-OH is 1. The predicted molar refractivity (Wildman–Crippen MR) is 72.5 cm³/mol. The first-order chi connectivity index (χ1) is 8.70. The lowest BCUT2D eigenvalue weighted by Crippen LogP contribution is -2.38. The molecule has 1 fully saturated rings. The first-order valence-corrected chi connectivity index (χ1v) is 6.92. The van der Waals surface area contributed by atoms with Crippen molar-refractivity contribution in [3.63, 3.8) is 0 Å². The Morgan fingerprint density at radius 1 is 1.33 bits per heavy atom. The van der Waals surface area contributed by atoms with Crippen LogP contribution in [-0.2, 0) is 0 Å². The van der Waals surface area contributed by atoms with Gasteiger partial charge in [0.25, 0.3) is 0 Å². The summed E-state index contributed by atoms with van der Waals surface area (Å²) in [5.74, 6) is 0.355. The largest absolute Gasteiger partial charge is 0.508 e. The molecule has 0 amide bonds. The molecule has 3 nitrogen and oxygen atoms in total. The number of hydrogen-bond donors (Lipinski definition) is 3. The van der Waals surface area contributed by atoms with Gasteiger partial charge in [-0.15, -0.1) is 0 Å². The number of rotatable bonds is 4. The van der Waals surface area contributed by atoms with Crippen LogP contribution >= 0.6 is 0 Å². The molecular weight excluding hydrogens is 226 g/mol. The maximum atomic E-state index is 9.90. The van der Waals surface area contributed by atoms with Crippen LogP contribution < -0.4 is 5.32 Å². The zero-order chi connectivity index (χ0) is 13.0. The van der Waals surface area contributed by atoms with Crippen LogP contribution in [0.25, 0.3) is 0 Å². The molecule has 0 saturated heterocycles. The Morgan fingerprint density at radius 3 is 2.78 bits per heavy atom. The third-order valence-electron chi connectivity index (χ3n) is 3.80. The molecule has 1 aliphatic carbocycles. The minimum Gasteiger partial charge on any atom is -0.508 e. The van der Waals surface area contributed by atoms with Crippen LogP contribution in [0.1, 0.15) is 50.6 Å². The second kappa shape index (κ2) is 6.21. The topological polar surface area (TPSA) is 52.5 Å². The fraction of sp³-hybridized carbons (Fsp3) is 0.600. The van der Waals surface area contributed by atoms with Gasteiger partial charge in [-0.2, -0.15) is 0 Å². The van der Waals surface area contributed by atoms with Crippen LogP contribution in [0.2, 0.25) is 0 Å². The molecule has 0 spiro atoms. The zero-order valence-corrected chi connectivity index (χ0v) is 11.0. The molecule has 1 saturated carbocycles. The van der Waals surface area contributed by atoms with Crippen LogP contribution in [0.5, 0.6) is 5.75 Å². The van der Waals surface area contributed by atoms with Crippen molar-refractivity contribution >= 4 is 0 Å². The van der Waals surface area contributed by atoms with Crippen LogP contribution in [0.15, 0.2) is 24.3 Å². The van der Waals surface area contributed by atoms with Gasteiger partial charge >= 0.3 is 0 Å². The van der Waals surface area contributed by atoms with Gasteiger partial charge in [0.05, 0.1) is 6.10 Å². The van der Waals surface area contributed by atoms with E-state index in [0.717, 1.165) is 37.7 Å². The Kier molecular flexibility index (Phi) is 4.61. The lowest BCUT2D eigenvalue weighted by molar-refractivity contribution is 0.108. The third kappa shape index (κ3) is 3.24. The number of benzene rings is 1. The number of aliphatic hydroxyl groups is 1. The molecule has 2 rings (SSSR count). The van der Waals surface area contributed by atoms with Gasteiger partial charge in [0.2, 0.25) is 0 Å². The fourth-order valence-electron chi connectivity index (χ4n) is 2.81. The average molecular weight is 249 g/mol. The van der Waals surface area contributed by atoms with E-state index in [4.69, 9.17) is 0 Å². The molecule has 0 bridgehead atoms. The molecule has 3 atom stereocenters. The van der Waals surface area contributed by atoms with Crippen LogP contribution in [0.4, 0.5) is 0 Å². The summed E-state index contributed by atoms with van der Waals surface area (Å²) in [6.07, 6.45) is 4.70. The molecule has 1 aromatic rings. The summed E-state index contributed by atoms with van der Waals surface area (Å²) in [7, 11) is 0. The smallest absolute Gasteiger partial charge is 0.120 e. The lowest BCUT2D eigenvalue weighted by Gasteiger charge is -2.31. The minimum absolute atomic E-state index is 0.168. The van der Waals surface area contributed by atoms with Crippen molar-refractivity contribution in [3.05, 3.63) is 29.8 Å². The first kappa shape index (κ1) is 13.4. The summed E-state index contributed by atoms with van der Waals surface area (Å²) < 4.78 is 0. The zero-order valence-electron chi connectivity index (χ0n) is 11.0. The summed E-state index contributed by atoms with van der Waals surface area (Å²) in [5.41, 5.74) is 0.958. The highest BCUT2D eigenvalue weighted by Gasteiger charge is 2.23. The van der Waals surface area contributed by atoms with Gasteiger partial charge in [-0.3, -0.25) is 0 Å². The highest BCUT2D eigenvalue weighted by molar-refractivity contribution is 5.34. The SMILES string of the molecule is CCC(NC1CCCC(O)C1)c1ccccc1O. The second-order valence-electron chi connectivity index (χ2n) is 5.20. The van der Waals surface area contributed by atoms with E-state index in [0.29, 0.717) is 11.8 Å². The molecule has 18 heavy (non-hydrogen) atoms. The van der Waals surface area contributed by atoms with Gasteiger partial charge in [0, 0.05) is 17.6 Å². The van der Waals surface area contributed by atoms with Gasteiger partial charge in [-0.05, 0) is 38.2 Å². The fourth-order valence-corrected chi connectivity index (χ4v) is 2.81. The van der Waals surface area contributed by atoms with E-state index < -0.39 is 0 Å². The van der Waals surface area contributed by atoms with Gasteiger partial charge in [0.15, 0.2) is 0 Å². The number of hydrogen-bond acceptors (Lipinski definition) is 3. The number of para-hydroxylation sites is 1. The van der Waals surface area contributed by atoms with Crippen molar-refractivity contribution in [3.8, 4) is 5.75 Å². The molecule has 0 radical (unpaired) electrons. The normalized spacial score (nSPS) is 25.9. The van der Waals surface area contributed by atoms with Crippen molar-refractivity contribution in [1.82, 2.24) is 5.32 Å². The molecule has 3 unspecified atom stereocenters. The number of aromatic hydroxyl groups is 1. The van der Waals surface area contributed by atoms with Crippen molar-refractivity contribution in [2.75, 3.05) is 0 Å². The minimum atomic E-state index is -0.168. The van der Waals surface area contributed by atoms with Crippen molar-refractivity contribution in [1.29, 1.82) is 0 Å². The molecule has 0 aliphatic heterocycles. The van der Waals surface area contributed by atoms with Crippen LogP contribution in [0, 0.1) is 0 Å². The third-order valence-corrected chi connectivity index (χ3v) is 3.80. The lowest BCUT2D eigenvalue weighted by atomic mass is 9.91. The van der Waals surface area contributed by atoms with E-state index in [-0.39, 0.29) is 12.1 Å². The van der Waals surface area contributed by atoms with E-state index in [9.17, 15) is 10.2 Å². The van der Waals surface area contributed by atoms with Gasteiger partial charge in [-0.1, -0.05) is 25.1 Å². The Bertz CT molecular complexity index is 381. The maximum Gasteiger partial charge on any atom is 0.120 e. The van der Waals surface area contributed by atoms with E-state index in [1.807, 2.05) is 18.2 Å². The molecule has 0 heterocycles. The highest BCUT2D eigenvalue weighted by Crippen LogP contribution is 2.28. The summed E-state index contributed by atoms with van der Waals surface area (Å²) in [6.45, 7) is 2.11. The molecule has 1 aromatic carbocycles. The Labute approximate surface area is 109 Å². The molecule has 0 aromatic heterocycles. The summed E-state index contributed by atoms with van der Waals surface area (Å²) in [5, 5.41) is 23.2. The highest BCUT2D eigenvalue weighted by atomic mass is 16.3. The van der Waals surface area contributed by atoms with Crippen LogP contribution in [0.3, 0.4) is 0 Å². The first-order valence-electron chi connectivity index (χ1n) is 6.92. The van der Waals surface area contributed by atoms with Crippen LogP contribution in [-0.4, -0.2) is 22.4 Å². The average Bonchev–Trinajstić information content (AvgIpc) is 2.37. The van der Waals surface area contributed by atoms with Crippen molar-refractivity contribution in [2.24, 2.45) is 0 Å². The predicted octanol–water partition coefficient (Wildman–Crippen LogP) is 2.74. The van der Waals surface area contributed by atoms with E-state index >= 15 is 0 Å². The second-order valence-corrected chi connectivity index (χ2v) is 5.20.